The van der Waals surface area contributed by atoms with Gasteiger partial charge in [0.25, 0.3) is 0 Å². The lowest BCUT2D eigenvalue weighted by molar-refractivity contribution is 0.193. The van der Waals surface area contributed by atoms with E-state index in [9.17, 15) is 0 Å². The molecule has 2 nitrogen and oxygen atoms in total. The molecular formula is C10H20ClNO. The summed E-state index contributed by atoms with van der Waals surface area (Å²) >= 11 is 6.01. The molecule has 0 aliphatic heterocycles. The summed E-state index contributed by atoms with van der Waals surface area (Å²) in [6.07, 6.45) is 5.27. The number of hydrogen-bond acceptors (Lipinski definition) is 2. The molecule has 1 aliphatic carbocycles. The Balaban J connectivity index is 2.16. The van der Waals surface area contributed by atoms with E-state index in [0.29, 0.717) is 5.41 Å². The summed E-state index contributed by atoms with van der Waals surface area (Å²) in [4.78, 5) is 0. The molecule has 1 rings (SSSR count). The van der Waals surface area contributed by atoms with Gasteiger partial charge < -0.3 is 10.1 Å². The van der Waals surface area contributed by atoms with E-state index < -0.39 is 0 Å². The van der Waals surface area contributed by atoms with Crippen LogP contribution >= 0.6 is 11.6 Å². The molecule has 1 aliphatic rings. The Morgan fingerprint density at radius 1 is 1.38 bits per heavy atom. The lowest BCUT2D eigenvalue weighted by atomic mass is 9.88. The first-order valence-corrected chi connectivity index (χ1v) is 5.62. The molecule has 0 aromatic heterocycles. The fraction of sp³-hybridized carbons (Fsp3) is 1.00. The normalized spacial score (nSPS) is 20.8. The second kappa shape index (κ2) is 5.84. The molecule has 1 saturated carbocycles. The quantitative estimate of drug-likeness (QED) is 0.529. The first-order valence-electron chi connectivity index (χ1n) is 5.09. The van der Waals surface area contributed by atoms with Crippen molar-refractivity contribution in [2.45, 2.75) is 25.7 Å². The summed E-state index contributed by atoms with van der Waals surface area (Å²) in [7, 11) is 1.73. The van der Waals surface area contributed by atoms with E-state index in [-0.39, 0.29) is 0 Å². The van der Waals surface area contributed by atoms with E-state index in [1.807, 2.05) is 0 Å². The first-order chi connectivity index (χ1) is 6.33. The molecule has 78 valence electrons. The minimum Gasteiger partial charge on any atom is -0.383 e. The molecule has 0 aromatic carbocycles. The van der Waals surface area contributed by atoms with Crippen LogP contribution in [0.15, 0.2) is 0 Å². The van der Waals surface area contributed by atoms with E-state index in [1.54, 1.807) is 7.11 Å². The molecule has 0 saturated heterocycles. The number of nitrogens with one attached hydrogen (secondary N) is 1. The average molecular weight is 206 g/mol. The van der Waals surface area contributed by atoms with Crippen molar-refractivity contribution in [1.29, 1.82) is 0 Å². The highest BCUT2D eigenvalue weighted by Crippen LogP contribution is 2.38. The van der Waals surface area contributed by atoms with Crippen molar-refractivity contribution in [3.05, 3.63) is 0 Å². The van der Waals surface area contributed by atoms with Gasteiger partial charge in [0.15, 0.2) is 0 Å². The van der Waals surface area contributed by atoms with Crippen molar-refractivity contribution in [3.8, 4) is 0 Å². The van der Waals surface area contributed by atoms with Gasteiger partial charge in [-0.3, -0.25) is 0 Å². The SMILES string of the molecule is COCCNCC1(CCl)CCCC1. The van der Waals surface area contributed by atoms with Crippen LogP contribution in [0.25, 0.3) is 0 Å². The predicted molar refractivity (Wildman–Crippen MR) is 56.4 cm³/mol. The van der Waals surface area contributed by atoms with Gasteiger partial charge >= 0.3 is 0 Å². The number of halogens is 1. The largest absolute Gasteiger partial charge is 0.383 e. The average Bonchev–Trinajstić information content (AvgIpc) is 2.62. The first kappa shape index (κ1) is 11.3. The summed E-state index contributed by atoms with van der Waals surface area (Å²) < 4.78 is 4.98. The van der Waals surface area contributed by atoms with Crippen LogP contribution in [0.4, 0.5) is 0 Å². The minimum atomic E-state index is 0.384. The molecule has 0 atom stereocenters. The highest BCUT2D eigenvalue weighted by atomic mass is 35.5. The molecule has 0 spiro atoms. The second-order valence-electron chi connectivity index (χ2n) is 4.01. The zero-order valence-corrected chi connectivity index (χ0v) is 9.20. The van der Waals surface area contributed by atoms with Crippen LogP contribution in [-0.2, 0) is 4.74 Å². The van der Waals surface area contributed by atoms with E-state index in [4.69, 9.17) is 16.3 Å². The van der Waals surface area contributed by atoms with Crippen molar-refractivity contribution in [1.82, 2.24) is 5.32 Å². The Labute approximate surface area is 86.0 Å². The lowest BCUT2D eigenvalue weighted by Gasteiger charge is -2.26. The maximum atomic E-state index is 6.01. The third kappa shape index (κ3) is 3.45. The Morgan fingerprint density at radius 2 is 2.08 bits per heavy atom. The predicted octanol–water partition coefficient (Wildman–Crippen LogP) is 2.02. The van der Waals surface area contributed by atoms with Gasteiger partial charge in [0, 0.05) is 26.1 Å². The molecule has 0 unspecified atom stereocenters. The van der Waals surface area contributed by atoms with Crippen LogP contribution in [0.2, 0.25) is 0 Å². The fourth-order valence-corrected chi connectivity index (χ4v) is 2.37. The maximum absolute atomic E-state index is 6.01. The third-order valence-corrected chi connectivity index (χ3v) is 3.50. The third-order valence-electron chi connectivity index (χ3n) is 2.93. The minimum absolute atomic E-state index is 0.384. The van der Waals surface area contributed by atoms with Crippen molar-refractivity contribution >= 4 is 11.6 Å². The van der Waals surface area contributed by atoms with Crippen LogP contribution in [-0.4, -0.2) is 32.7 Å². The van der Waals surface area contributed by atoms with Gasteiger partial charge in [0.1, 0.15) is 0 Å². The van der Waals surface area contributed by atoms with Crippen LogP contribution < -0.4 is 5.32 Å². The fourth-order valence-electron chi connectivity index (χ4n) is 2.01. The molecule has 1 fully saturated rings. The Morgan fingerprint density at radius 3 is 2.62 bits per heavy atom. The van der Waals surface area contributed by atoms with Crippen molar-refractivity contribution in [2.24, 2.45) is 5.41 Å². The van der Waals surface area contributed by atoms with Crippen LogP contribution in [0.5, 0.6) is 0 Å². The highest BCUT2D eigenvalue weighted by molar-refractivity contribution is 6.18. The summed E-state index contributed by atoms with van der Waals surface area (Å²) in [6, 6.07) is 0. The van der Waals surface area contributed by atoms with E-state index >= 15 is 0 Å². The highest BCUT2D eigenvalue weighted by Gasteiger charge is 2.32. The van der Waals surface area contributed by atoms with Crippen LogP contribution in [0.1, 0.15) is 25.7 Å². The molecule has 3 heteroatoms. The Bertz CT molecular complexity index is 135. The molecule has 0 radical (unpaired) electrons. The second-order valence-corrected chi connectivity index (χ2v) is 4.28. The van der Waals surface area contributed by atoms with Gasteiger partial charge in [-0.15, -0.1) is 11.6 Å². The molecule has 0 aromatic rings. The molecule has 0 amide bonds. The topological polar surface area (TPSA) is 21.3 Å². The van der Waals surface area contributed by atoms with E-state index in [1.165, 1.54) is 25.7 Å². The Hall–Kier alpha value is 0.210. The summed E-state index contributed by atoms with van der Waals surface area (Å²) in [5.74, 6) is 0.799. The number of methoxy groups -OCH3 is 1. The van der Waals surface area contributed by atoms with Gasteiger partial charge in [0.2, 0.25) is 0 Å². The van der Waals surface area contributed by atoms with Gasteiger partial charge in [-0.2, -0.15) is 0 Å². The van der Waals surface area contributed by atoms with Crippen molar-refractivity contribution < 1.29 is 4.74 Å². The van der Waals surface area contributed by atoms with Gasteiger partial charge in [-0.05, 0) is 18.3 Å². The molecule has 0 bridgehead atoms. The standard InChI is InChI=1S/C10H20ClNO/c1-13-7-6-12-9-10(8-11)4-2-3-5-10/h12H,2-9H2,1H3. The smallest absolute Gasteiger partial charge is 0.0587 e. The van der Waals surface area contributed by atoms with Crippen LogP contribution in [0, 0.1) is 5.41 Å². The molecule has 1 N–H and O–H groups in total. The zero-order valence-electron chi connectivity index (χ0n) is 8.44. The number of ether oxygens (including phenoxy) is 1. The van der Waals surface area contributed by atoms with Crippen LogP contribution in [0.3, 0.4) is 0 Å². The monoisotopic (exact) mass is 205 g/mol. The van der Waals surface area contributed by atoms with Crippen molar-refractivity contribution in [2.75, 3.05) is 32.7 Å². The van der Waals surface area contributed by atoms with E-state index in [2.05, 4.69) is 5.32 Å². The molecule has 0 heterocycles. The summed E-state index contributed by atoms with van der Waals surface area (Å²) in [5.41, 5.74) is 0.384. The molecular weight excluding hydrogens is 186 g/mol. The lowest BCUT2D eigenvalue weighted by Crippen LogP contribution is -2.35. The van der Waals surface area contributed by atoms with Gasteiger partial charge in [-0.25, -0.2) is 0 Å². The zero-order chi connectivity index (χ0) is 9.57. The number of alkyl halides is 1. The maximum Gasteiger partial charge on any atom is 0.0587 e. The number of hydrogen-bond donors (Lipinski definition) is 1. The molecule has 13 heavy (non-hydrogen) atoms. The van der Waals surface area contributed by atoms with Gasteiger partial charge in [0.05, 0.1) is 6.61 Å². The van der Waals surface area contributed by atoms with Gasteiger partial charge in [-0.1, -0.05) is 12.8 Å². The van der Waals surface area contributed by atoms with Crippen molar-refractivity contribution in [3.63, 3.8) is 0 Å². The Kier molecular flexibility index (Phi) is 5.07. The summed E-state index contributed by atoms with van der Waals surface area (Å²) in [5, 5.41) is 3.41. The van der Waals surface area contributed by atoms with E-state index in [0.717, 1.165) is 25.6 Å². The summed E-state index contributed by atoms with van der Waals surface area (Å²) in [6.45, 7) is 2.79. The number of rotatable bonds is 6.